The maximum atomic E-state index is 14.8. The molecule has 0 aliphatic carbocycles. The van der Waals surface area contributed by atoms with Crippen LogP contribution in [0.1, 0.15) is 192 Å². The molecule has 0 spiro atoms. The summed E-state index contributed by atoms with van der Waals surface area (Å²) in [5.74, 6) is -0.386. The first-order chi connectivity index (χ1) is 33.9. The fourth-order valence-corrected chi connectivity index (χ4v) is 10.3. The Labute approximate surface area is 469 Å². The Morgan fingerprint density at radius 1 is 0.513 bits per heavy atom. The fraction of sp³-hybridized carbons (Fsp3) is 0.603. The zero-order valence-electron chi connectivity index (χ0n) is 44.9. The minimum Gasteiger partial charge on any atom is -0.487 e. The quantitative estimate of drug-likeness (QED) is 0.0796. The molecule has 1 aromatic carbocycles. The number of amides is 1. The molecule has 2 aliphatic rings. The molecule has 78 heavy (non-hydrogen) atoms. The van der Waals surface area contributed by atoms with Crippen LogP contribution in [-0.2, 0) is 59.7 Å². The van der Waals surface area contributed by atoms with Crippen molar-refractivity contribution in [3.63, 3.8) is 0 Å². The maximum absolute atomic E-state index is 14.8. The van der Waals surface area contributed by atoms with E-state index >= 15 is 0 Å². The number of carbonyl (C=O) groups is 3. The van der Waals surface area contributed by atoms with Crippen LogP contribution in [0.4, 0.5) is 5.69 Å². The van der Waals surface area contributed by atoms with Gasteiger partial charge in [0.25, 0.3) is 0 Å². The van der Waals surface area contributed by atoms with E-state index in [1.165, 1.54) is 7.11 Å². The average molecular weight is 1090 g/mol. The Morgan fingerprint density at radius 2 is 0.885 bits per heavy atom. The SMILES string of the molecule is C.C.C.C.C.C.CCC(C)(CC(C)(CC(C)(C)C(=O)Nc1ccc2c(c1)OCCOCCOCCOCCO2)C(=O)OC)C(=O)OCC1(C)c2ccc([nH]2)C(C)(C)c2ccc([nH]2)C(C)(C)c2ccc([nH]2)C(C)(C)c2ccc1[nH]2. The third-order valence-corrected chi connectivity index (χ3v) is 15.6. The number of benzene rings is 1. The lowest BCUT2D eigenvalue weighted by Crippen LogP contribution is -2.45. The van der Waals surface area contributed by atoms with Crippen LogP contribution >= 0.6 is 0 Å². The first kappa shape index (κ1) is 70.2. The van der Waals surface area contributed by atoms with E-state index in [0.717, 1.165) is 45.6 Å². The zero-order chi connectivity index (χ0) is 52.3. The molecular formula is C63H103N5O10. The van der Waals surface area contributed by atoms with Gasteiger partial charge in [-0.1, -0.05) is 65.3 Å². The highest BCUT2D eigenvalue weighted by Crippen LogP contribution is 2.47. The first-order valence-corrected chi connectivity index (χ1v) is 25.4. The summed E-state index contributed by atoms with van der Waals surface area (Å²) < 4.78 is 40.7. The third-order valence-electron chi connectivity index (χ3n) is 15.6. The number of nitrogens with one attached hydrogen (secondary N) is 5. The van der Waals surface area contributed by atoms with Crippen LogP contribution in [-0.4, -0.2) is 104 Å². The number of anilines is 1. The molecule has 440 valence electrons. The van der Waals surface area contributed by atoms with Crippen LogP contribution in [0.3, 0.4) is 0 Å². The number of esters is 2. The Balaban J connectivity index is 0.00000507. The topological polar surface area (TPSA) is 191 Å². The van der Waals surface area contributed by atoms with E-state index in [0.29, 0.717) is 69.9 Å². The van der Waals surface area contributed by atoms with E-state index < -0.39 is 44.4 Å². The molecule has 0 fully saturated rings. The second kappa shape index (κ2) is 27.4. The van der Waals surface area contributed by atoms with Gasteiger partial charge in [0.15, 0.2) is 11.5 Å². The number of carbonyl (C=O) groups excluding carboxylic acids is 3. The number of H-pyrrole nitrogens is 4. The number of fused-ring (bicyclic) bond motifs is 9. The lowest BCUT2D eigenvalue weighted by Gasteiger charge is -2.40. The average Bonchev–Trinajstić information content (AvgIpc) is 4.19. The van der Waals surface area contributed by atoms with Gasteiger partial charge in [0.05, 0.1) is 63.0 Å². The van der Waals surface area contributed by atoms with Crippen molar-refractivity contribution in [2.75, 3.05) is 71.9 Å². The molecule has 8 bridgehead atoms. The highest BCUT2D eigenvalue weighted by molar-refractivity contribution is 5.95. The molecule has 2 aliphatic heterocycles. The van der Waals surface area contributed by atoms with Crippen molar-refractivity contribution in [3.05, 3.63) is 112 Å². The monoisotopic (exact) mass is 1090 g/mol. The number of hydrogen-bond donors (Lipinski definition) is 5. The van der Waals surface area contributed by atoms with E-state index in [4.69, 9.17) is 33.2 Å². The van der Waals surface area contributed by atoms with Crippen molar-refractivity contribution in [1.82, 2.24) is 19.9 Å². The minimum atomic E-state index is -1.28. The zero-order valence-corrected chi connectivity index (χ0v) is 44.9. The molecule has 4 aromatic heterocycles. The molecule has 0 saturated carbocycles. The Hall–Kier alpha value is -5.77. The van der Waals surface area contributed by atoms with Crippen molar-refractivity contribution in [2.24, 2.45) is 16.2 Å². The Bertz CT molecular complexity index is 2590. The van der Waals surface area contributed by atoms with Gasteiger partial charge >= 0.3 is 11.9 Å². The number of aromatic nitrogens is 4. The van der Waals surface area contributed by atoms with Crippen molar-refractivity contribution in [2.45, 2.75) is 169 Å². The summed E-state index contributed by atoms with van der Waals surface area (Å²) >= 11 is 0. The van der Waals surface area contributed by atoms with Crippen molar-refractivity contribution >= 4 is 23.5 Å². The van der Waals surface area contributed by atoms with E-state index in [1.54, 1.807) is 39.0 Å². The van der Waals surface area contributed by atoms with Gasteiger partial charge in [-0.3, -0.25) is 14.4 Å². The molecule has 7 rings (SSSR count). The summed E-state index contributed by atoms with van der Waals surface area (Å²) in [4.78, 5) is 58.2. The number of methoxy groups -OCH3 is 1. The van der Waals surface area contributed by atoms with Crippen LogP contribution in [0, 0.1) is 16.2 Å². The number of hydrogen-bond acceptors (Lipinski definition) is 10. The summed E-state index contributed by atoms with van der Waals surface area (Å²) in [6.45, 7) is 27.4. The van der Waals surface area contributed by atoms with Crippen LogP contribution in [0.2, 0.25) is 0 Å². The van der Waals surface area contributed by atoms with Crippen molar-refractivity contribution < 1.29 is 47.5 Å². The predicted molar refractivity (Wildman–Crippen MR) is 317 cm³/mol. The van der Waals surface area contributed by atoms with Crippen LogP contribution in [0.15, 0.2) is 66.7 Å². The van der Waals surface area contributed by atoms with Gasteiger partial charge < -0.3 is 58.4 Å². The number of rotatable bonds is 11. The molecule has 15 nitrogen and oxygen atoms in total. The molecule has 0 radical (unpaired) electrons. The molecule has 0 saturated heterocycles. The van der Waals surface area contributed by atoms with Crippen LogP contribution in [0.5, 0.6) is 11.5 Å². The van der Waals surface area contributed by atoms with Gasteiger partial charge in [0.1, 0.15) is 19.8 Å². The maximum Gasteiger partial charge on any atom is 0.311 e. The second-order valence-electron chi connectivity index (χ2n) is 22.8. The molecule has 1 amide bonds. The van der Waals surface area contributed by atoms with Gasteiger partial charge in [-0.15, -0.1) is 0 Å². The van der Waals surface area contributed by atoms with Crippen molar-refractivity contribution in [1.29, 1.82) is 0 Å². The molecule has 15 heteroatoms. The summed E-state index contributed by atoms with van der Waals surface area (Å²) in [5.41, 5.74) is 2.98. The summed E-state index contributed by atoms with van der Waals surface area (Å²) in [6, 6.07) is 22.3. The highest BCUT2D eigenvalue weighted by atomic mass is 16.6. The number of aromatic amines is 4. The molecule has 5 aromatic rings. The lowest BCUT2D eigenvalue weighted by atomic mass is 9.65. The predicted octanol–water partition coefficient (Wildman–Crippen LogP) is 13.8. The van der Waals surface area contributed by atoms with Gasteiger partial charge in [0.2, 0.25) is 5.91 Å². The molecule has 5 N–H and O–H groups in total. The van der Waals surface area contributed by atoms with E-state index in [2.05, 4.69) is 122 Å². The van der Waals surface area contributed by atoms with E-state index in [-0.39, 0.29) is 81.9 Å². The van der Waals surface area contributed by atoms with Gasteiger partial charge in [-0.25, -0.2) is 0 Å². The van der Waals surface area contributed by atoms with Crippen LogP contribution in [0.25, 0.3) is 0 Å². The van der Waals surface area contributed by atoms with Gasteiger partial charge in [0, 0.05) is 79.0 Å². The lowest BCUT2D eigenvalue weighted by molar-refractivity contribution is -0.165. The Morgan fingerprint density at radius 3 is 1.28 bits per heavy atom. The molecular weight excluding hydrogens is 987 g/mol. The number of ether oxygens (including phenoxy) is 7. The van der Waals surface area contributed by atoms with E-state index in [1.807, 2.05) is 13.8 Å². The van der Waals surface area contributed by atoms with Gasteiger partial charge in [-0.05, 0) is 142 Å². The molecule has 2 unspecified atom stereocenters. The minimum absolute atomic E-state index is 0. The fourth-order valence-electron chi connectivity index (χ4n) is 10.3. The summed E-state index contributed by atoms with van der Waals surface area (Å²) in [5, 5.41) is 3.04. The summed E-state index contributed by atoms with van der Waals surface area (Å²) in [6.07, 6.45) is 0.486. The molecule has 2 atom stereocenters. The highest BCUT2D eigenvalue weighted by Gasteiger charge is 2.50. The second-order valence-corrected chi connectivity index (χ2v) is 22.8. The van der Waals surface area contributed by atoms with E-state index in [9.17, 15) is 14.4 Å². The molecule has 6 heterocycles. The normalized spacial score (nSPS) is 18.1. The standard InChI is InChI=1S/C57H79N5O10.6CH4/c1-14-55(10,35-56(11,49(64)66-13)34-51(2,3)48(63)58-37-15-16-38-39(33-37)71-32-30-69-28-26-67-25-27-68-29-31-70-38)50(65)72-36-57(12)46-23-21-44(61-46)53(6,7)42-19-17-40(59-42)52(4,5)41-18-20-43(60-41)54(8,9)45-22-24-47(57)62-45;;;;;;/h15-24,33,59-62H,14,25-32,34-36H2,1-13H3,(H,58,63);6*1H4. The van der Waals surface area contributed by atoms with Gasteiger partial charge in [-0.2, -0.15) is 0 Å². The third kappa shape index (κ3) is 14.5. The van der Waals surface area contributed by atoms with Crippen molar-refractivity contribution in [3.8, 4) is 11.5 Å². The Kier molecular flexibility index (Phi) is 24.7. The first-order valence-electron chi connectivity index (χ1n) is 25.4. The smallest absolute Gasteiger partial charge is 0.311 e. The largest absolute Gasteiger partial charge is 0.487 e. The summed E-state index contributed by atoms with van der Waals surface area (Å²) in [7, 11) is 1.33. The van der Waals surface area contributed by atoms with Crippen LogP contribution < -0.4 is 14.8 Å².